The fourth-order valence-electron chi connectivity index (χ4n) is 3.66. The van der Waals surface area contributed by atoms with Crippen LogP contribution in [0, 0.1) is 0 Å². The Bertz CT molecular complexity index is 782. The van der Waals surface area contributed by atoms with Crippen LogP contribution in [0.3, 0.4) is 0 Å². The normalized spacial score (nSPS) is 13.5. The van der Waals surface area contributed by atoms with Crippen LogP contribution < -0.4 is 0 Å². The van der Waals surface area contributed by atoms with Gasteiger partial charge in [0.25, 0.3) is 11.9 Å². The highest BCUT2D eigenvalue weighted by molar-refractivity contribution is 5.93. The van der Waals surface area contributed by atoms with Crippen LogP contribution in [0.15, 0.2) is 24.3 Å². The van der Waals surface area contributed by atoms with Gasteiger partial charge in [-0.15, -0.1) is 0 Å². The molecule has 0 saturated heterocycles. The fourth-order valence-corrected chi connectivity index (χ4v) is 3.66. The van der Waals surface area contributed by atoms with Crippen molar-refractivity contribution in [3.63, 3.8) is 0 Å². The van der Waals surface area contributed by atoms with E-state index in [4.69, 9.17) is 37.9 Å². The van der Waals surface area contributed by atoms with Gasteiger partial charge in [0, 0.05) is 13.8 Å². The lowest BCUT2D eigenvalue weighted by molar-refractivity contribution is -0.402. The van der Waals surface area contributed by atoms with Crippen molar-refractivity contribution in [3.05, 3.63) is 35.4 Å². The highest BCUT2D eigenvalue weighted by atomic mass is 16.9. The maximum Gasteiger partial charge on any atom is 0.340 e. The van der Waals surface area contributed by atoms with Crippen molar-refractivity contribution < 1.29 is 47.5 Å². The largest absolute Gasteiger partial charge is 0.432 e. The molecule has 1 rings (SSSR count). The molecule has 0 radical (unpaired) electrons. The van der Waals surface area contributed by atoms with Crippen molar-refractivity contribution in [2.45, 2.75) is 131 Å². The van der Waals surface area contributed by atoms with Gasteiger partial charge in [0.1, 0.15) is 0 Å². The number of rotatable bonds is 24. The van der Waals surface area contributed by atoms with Gasteiger partial charge in [-0.3, -0.25) is 9.47 Å². The second-order valence-corrected chi connectivity index (χ2v) is 10.3. The zero-order valence-electron chi connectivity index (χ0n) is 27.0. The lowest BCUT2D eigenvalue weighted by Gasteiger charge is -2.32. The van der Waals surface area contributed by atoms with Gasteiger partial charge in [-0.2, -0.15) is 0 Å². The topological polar surface area (TPSA) is 108 Å². The number of benzene rings is 1. The summed E-state index contributed by atoms with van der Waals surface area (Å²) in [5.74, 6) is -3.91. The molecule has 0 fully saturated rings. The van der Waals surface area contributed by atoms with Gasteiger partial charge in [-0.05, 0) is 63.8 Å². The Morgan fingerprint density at radius 1 is 0.571 bits per heavy atom. The molecule has 0 saturated carbocycles. The average molecular weight is 599 g/mol. The molecule has 0 aliphatic heterocycles. The summed E-state index contributed by atoms with van der Waals surface area (Å²) in [6.07, 6.45) is 5.37. The van der Waals surface area contributed by atoms with Crippen LogP contribution in [0.1, 0.15) is 127 Å². The summed E-state index contributed by atoms with van der Waals surface area (Å²) >= 11 is 0. The second-order valence-electron chi connectivity index (χ2n) is 10.3. The molecule has 0 N–H and O–H groups in total. The van der Waals surface area contributed by atoms with Crippen molar-refractivity contribution in [2.24, 2.45) is 0 Å². The Balaban J connectivity index is 2.73. The van der Waals surface area contributed by atoms with Gasteiger partial charge in [-0.25, -0.2) is 9.59 Å². The number of ether oxygens (including phenoxy) is 8. The molecule has 0 aliphatic rings. The Kier molecular flexibility index (Phi) is 18.8. The highest BCUT2D eigenvalue weighted by Gasteiger charge is 2.32. The van der Waals surface area contributed by atoms with Crippen molar-refractivity contribution in [3.8, 4) is 0 Å². The van der Waals surface area contributed by atoms with Crippen molar-refractivity contribution in [1.82, 2.24) is 0 Å². The molecular formula is C32H54O10. The molecule has 0 aliphatic carbocycles. The van der Waals surface area contributed by atoms with Crippen LogP contribution >= 0.6 is 0 Å². The van der Waals surface area contributed by atoms with Crippen molar-refractivity contribution >= 4 is 11.9 Å². The minimum atomic E-state index is -1.34. The van der Waals surface area contributed by atoms with E-state index in [9.17, 15) is 9.59 Å². The SMILES string of the molecule is CCCCOC(C)(OCCCC)OC(C)OC(=O)c1ccc(C(=O)OC(C)OC(C)(OCCCC)OCCCC)cc1. The van der Waals surface area contributed by atoms with Crippen LogP contribution in [0.4, 0.5) is 0 Å². The molecule has 2 atom stereocenters. The van der Waals surface area contributed by atoms with E-state index in [0.717, 1.165) is 51.4 Å². The predicted molar refractivity (Wildman–Crippen MR) is 159 cm³/mol. The summed E-state index contributed by atoms with van der Waals surface area (Å²) in [5.41, 5.74) is 0.487. The number of hydrogen-bond acceptors (Lipinski definition) is 10. The molecule has 0 heterocycles. The first-order chi connectivity index (χ1) is 20.0. The van der Waals surface area contributed by atoms with Gasteiger partial charge < -0.3 is 28.4 Å². The number of hydrogen-bond donors (Lipinski definition) is 0. The number of carbonyl (C=O) groups is 2. The molecular weight excluding hydrogens is 544 g/mol. The lowest BCUT2D eigenvalue weighted by atomic mass is 10.1. The fraction of sp³-hybridized carbons (Fsp3) is 0.750. The van der Waals surface area contributed by atoms with Crippen molar-refractivity contribution in [2.75, 3.05) is 26.4 Å². The van der Waals surface area contributed by atoms with E-state index in [1.165, 1.54) is 24.3 Å². The van der Waals surface area contributed by atoms with E-state index < -0.39 is 36.5 Å². The van der Waals surface area contributed by atoms with Crippen LogP contribution in [0.25, 0.3) is 0 Å². The van der Waals surface area contributed by atoms with Crippen LogP contribution in [0.2, 0.25) is 0 Å². The van der Waals surface area contributed by atoms with Gasteiger partial charge in [-0.1, -0.05) is 53.4 Å². The molecule has 10 heteroatoms. The van der Waals surface area contributed by atoms with Crippen LogP contribution in [0.5, 0.6) is 0 Å². The van der Waals surface area contributed by atoms with E-state index in [0.29, 0.717) is 26.4 Å². The third kappa shape index (κ3) is 15.4. The number of unbranched alkanes of at least 4 members (excludes halogenated alkanes) is 4. The number of carbonyl (C=O) groups excluding carboxylic acids is 2. The lowest BCUT2D eigenvalue weighted by Crippen LogP contribution is -2.40. The first-order valence-corrected chi connectivity index (χ1v) is 15.4. The molecule has 10 nitrogen and oxygen atoms in total. The summed E-state index contributed by atoms with van der Waals surface area (Å²) in [6, 6.07) is 5.94. The standard InChI is InChI=1S/C32H54O10/c1-9-13-21-35-31(7,36-22-14-10-2)41-25(5)39-29(33)27-17-19-28(20-18-27)30(34)40-26(6)42-32(8,37-23-15-11-3)38-24-16-12-4/h17-20,25-26H,9-16,21-24H2,1-8H3. The van der Waals surface area contributed by atoms with Crippen LogP contribution in [-0.4, -0.2) is 62.9 Å². The minimum absolute atomic E-state index is 0.244. The zero-order valence-corrected chi connectivity index (χ0v) is 27.0. The third-order valence-electron chi connectivity index (χ3n) is 6.11. The summed E-state index contributed by atoms with van der Waals surface area (Å²) in [7, 11) is 0. The second kappa shape index (κ2) is 20.8. The van der Waals surface area contributed by atoms with Crippen LogP contribution in [-0.2, 0) is 37.9 Å². The first-order valence-electron chi connectivity index (χ1n) is 15.4. The summed E-state index contributed by atoms with van der Waals surface area (Å²) in [5, 5.41) is 0. The Hall–Kier alpha value is -2.08. The van der Waals surface area contributed by atoms with E-state index >= 15 is 0 Å². The summed E-state index contributed by atoms with van der Waals surface area (Å²) < 4.78 is 45.8. The van der Waals surface area contributed by atoms with E-state index in [1.807, 2.05) is 0 Å². The maximum absolute atomic E-state index is 12.7. The van der Waals surface area contributed by atoms with Gasteiger partial charge in [0.2, 0.25) is 12.6 Å². The van der Waals surface area contributed by atoms with Gasteiger partial charge in [0.05, 0.1) is 37.6 Å². The van der Waals surface area contributed by atoms with Gasteiger partial charge in [0.15, 0.2) is 0 Å². The first kappa shape index (κ1) is 37.9. The third-order valence-corrected chi connectivity index (χ3v) is 6.11. The quantitative estimate of drug-likeness (QED) is 0.0681. The molecule has 0 bridgehead atoms. The Labute approximate surface area is 252 Å². The van der Waals surface area contributed by atoms with E-state index in [1.54, 1.807) is 27.7 Å². The summed E-state index contributed by atoms with van der Waals surface area (Å²) in [6.45, 7) is 16.6. The van der Waals surface area contributed by atoms with E-state index in [-0.39, 0.29) is 11.1 Å². The average Bonchev–Trinajstić information content (AvgIpc) is 2.93. The smallest absolute Gasteiger partial charge is 0.340 e. The molecule has 242 valence electrons. The minimum Gasteiger partial charge on any atom is -0.432 e. The highest BCUT2D eigenvalue weighted by Crippen LogP contribution is 2.22. The van der Waals surface area contributed by atoms with Gasteiger partial charge >= 0.3 is 11.9 Å². The molecule has 0 spiro atoms. The molecule has 1 aromatic carbocycles. The Morgan fingerprint density at radius 2 is 0.833 bits per heavy atom. The Morgan fingerprint density at radius 3 is 1.07 bits per heavy atom. The zero-order chi connectivity index (χ0) is 31.4. The van der Waals surface area contributed by atoms with Crippen molar-refractivity contribution in [1.29, 1.82) is 0 Å². The predicted octanol–water partition coefficient (Wildman–Crippen LogP) is 7.34. The molecule has 42 heavy (non-hydrogen) atoms. The number of esters is 2. The maximum atomic E-state index is 12.7. The molecule has 1 aromatic rings. The monoisotopic (exact) mass is 598 g/mol. The van der Waals surface area contributed by atoms with E-state index in [2.05, 4.69) is 27.7 Å². The summed E-state index contributed by atoms with van der Waals surface area (Å²) in [4.78, 5) is 25.5. The molecule has 0 aromatic heterocycles. The molecule has 0 amide bonds. The molecule has 2 unspecified atom stereocenters.